The lowest BCUT2D eigenvalue weighted by molar-refractivity contribution is -0.140. The highest BCUT2D eigenvalue weighted by Crippen LogP contribution is 2.34. The van der Waals surface area contributed by atoms with Gasteiger partial charge >= 0.3 is 5.97 Å². The first-order chi connectivity index (χ1) is 12.0. The van der Waals surface area contributed by atoms with Crippen LogP contribution >= 0.6 is 0 Å². The Bertz CT molecular complexity index is 466. The van der Waals surface area contributed by atoms with E-state index in [0.29, 0.717) is 24.3 Å². The molecule has 1 atom stereocenters. The van der Waals surface area contributed by atoms with E-state index >= 15 is 0 Å². The summed E-state index contributed by atoms with van der Waals surface area (Å²) in [5.41, 5.74) is 0. The normalized spacial score (nSPS) is 28.4. The molecule has 5 nitrogen and oxygen atoms in total. The van der Waals surface area contributed by atoms with Gasteiger partial charge in [0.1, 0.15) is 0 Å². The summed E-state index contributed by atoms with van der Waals surface area (Å²) >= 11 is 0. The van der Waals surface area contributed by atoms with Crippen molar-refractivity contribution in [3.05, 3.63) is 0 Å². The number of nitrogens with zero attached hydrogens (tertiary/aromatic N) is 1. The molecule has 0 saturated heterocycles. The summed E-state index contributed by atoms with van der Waals surface area (Å²) < 4.78 is 0. The zero-order valence-corrected chi connectivity index (χ0v) is 15.6. The molecule has 25 heavy (non-hydrogen) atoms. The molecule has 2 N–H and O–H groups in total. The fraction of sp³-hybridized carbons (Fsp3) is 0.900. The Kier molecular flexibility index (Phi) is 6.37. The fourth-order valence-corrected chi connectivity index (χ4v) is 4.60. The van der Waals surface area contributed by atoms with Gasteiger partial charge in [0.25, 0.3) is 0 Å². The Hall–Kier alpha value is -1.10. The summed E-state index contributed by atoms with van der Waals surface area (Å²) in [6.45, 7) is 3.28. The van der Waals surface area contributed by atoms with E-state index in [9.17, 15) is 9.59 Å². The zero-order chi connectivity index (χ0) is 17.8. The lowest BCUT2D eigenvalue weighted by atomic mass is 9.79. The third kappa shape index (κ3) is 5.70. The second-order valence-electron chi connectivity index (χ2n) is 8.74. The van der Waals surface area contributed by atoms with Gasteiger partial charge in [0.15, 0.2) is 0 Å². The molecule has 0 spiro atoms. The van der Waals surface area contributed by atoms with E-state index in [0.717, 1.165) is 25.3 Å². The lowest BCUT2D eigenvalue weighted by Crippen LogP contribution is -2.55. The summed E-state index contributed by atoms with van der Waals surface area (Å²) in [4.78, 5) is 25.5. The van der Waals surface area contributed by atoms with Crippen molar-refractivity contribution in [2.75, 3.05) is 13.1 Å². The molecule has 142 valence electrons. The molecule has 0 heterocycles. The number of aliphatic carboxylic acids is 1. The largest absolute Gasteiger partial charge is 0.480 e. The monoisotopic (exact) mass is 350 g/mol. The predicted octanol–water partition coefficient (Wildman–Crippen LogP) is 3.04. The summed E-state index contributed by atoms with van der Waals surface area (Å²) in [6, 6.07) is 0.573. The fourth-order valence-electron chi connectivity index (χ4n) is 4.60. The van der Waals surface area contributed by atoms with Gasteiger partial charge in [-0.3, -0.25) is 14.5 Å². The van der Waals surface area contributed by atoms with Crippen LogP contribution in [0.4, 0.5) is 0 Å². The molecule has 0 aromatic heterocycles. The van der Waals surface area contributed by atoms with E-state index < -0.39 is 5.97 Å². The van der Waals surface area contributed by atoms with Gasteiger partial charge in [-0.15, -0.1) is 0 Å². The van der Waals surface area contributed by atoms with Crippen molar-refractivity contribution in [2.45, 2.75) is 83.2 Å². The van der Waals surface area contributed by atoms with E-state index in [1.165, 1.54) is 44.9 Å². The highest BCUT2D eigenvalue weighted by atomic mass is 16.4. The van der Waals surface area contributed by atoms with Gasteiger partial charge in [-0.25, -0.2) is 0 Å². The van der Waals surface area contributed by atoms with Crippen LogP contribution in [0.2, 0.25) is 0 Å². The Morgan fingerprint density at radius 3 is 2.40 bits per heavy atom. The number of carboxylic acid groups (broad SMARTS) is 1. The van der Waals surface area contributed by atoms with Crippen LogP contribution in [0.5, 0.6) is 0 Å². The summed E-state index contributed by atoms with van der Waals surface area (Å²) in [5, 5.41) is 12.3. The highest BCUT2D eigenvalue weighted by Gasteiger charge is 2.37. The van der Waals surface area contributed by atoms with Gasteiger partial charge in [0.2, 0.25) is 5.91 Å². The number of hydrogen-bond acceptors (Lipinski definition) is 3. The maximum atomic E-state index is 12.3. The number of amides is 1. The smallest absolute Gasteiger partial charge is 0.317 e. The van der Waals surface area contributed by atoms with Gasteiger partial charge in [-0.2, -0.15) is 0 Å². The average molecular weight is 351 g/mol. The van der Waals surface area contributed by atoms with E-state index in [1.54, 1.807) is 0 Å². The molecule has 3 rings (SSSR count). The van der Waals surface area contributed by atoms with Crippen molar-refractivity contribution >= 4 is 11.9 Å². The summed E-state index contributed by atoms with van der Waals surface area (Å²) in [6.07, 6.45) is 11.5. The topological polar surface area (TPSA) is 69.6 Å². The van der Waals surface area contributed by atoms with Crippen molar-refractivity contribution in [1.82, 2.24) is 10.2 Å². The maximum Gasteiger partial charge on any atom is 0.317 e. The standard InChI is InChI=1S/C20H34N2O3/c1-14(16-5-3-2-4-6-16)9-19(23)21-17-10-18(11-17)22(13-20(24)25)12-15-7-8-15/h14-18H,2-13H2,1H3,(H,21,23)(H,24,25). The molecule has 3 aliphatic carbocycles. The minimum absolute atomic E-state index is 0.139. The van der Waals surface area contributed by atoms with E-state index in [4.69, 9.17) is 5.11 Å². The molecule has 3 fully saturated rings. The second kappa shape index (κ2) is 8.52. The van der Waals surface area contributed by atoms with Crippen LogP contribution in [0.1, 0.15) is 71.1 Å². The van der Waals surface area contributed by atoms with Crippen LogP contribution in [-0.4, -0.2) is 47.1 Å². The molecule has 3 saturated carbocycles. The number of carbonyl (C=O) groups excluding carboxylic acids is 1. The van der Waals surface area contributed by atoms with Crippen molar-refractivity contribution in [1.29, 1.82) is 0 Å². The quantitative estimate of drug-likeness (QED) is 0.670. The van der Waals surface area contributed by atoms with Crippen LogP contribution in [0.3, 0.4) is 0 Å². The third-order valence-electron chi connectivity index (χ3n) is 6.48. The lowest BCUT2D eigenvalue weighted by Gasteiger charge is -2.43. The van der Waals surface area contributed by atoms with Crippen molar-refractivity contribution < 1.29 is 14.7 Å². The Labute approximate surface area is 151 Å². The van der Waals surface area contributed by atoms with Crippen molar-refractivity contribution in [3.63, 3.8) is 0 Å². The van der Waals surface area contributed by atoms with Crippen LogP contribution in [0, 0.1) is 17.8 Å². The van der Waals surface area contributed by atoms with E-state index in [-0.39, 0.29) is 18.5 Å². The molecule has 0 aromatic rings. The number of carboxylic acids is 1. The molecular formula is C20H34N2O3. The molecule has 1 unspecified atom stereocenters. The maximum absolute atomic E-state index is 12.3. The Morgan fingerprint density at radius 2 is 1.80 bits per heavy atom. The third-order valence-corrected chi connectivity index (χ3v) is 6.48. The molecular weight excluding hydrogens is 316 g/mol. The summed E-state index contributed by atoms with van der Waals surface area (Å²) in [7, 11) is 0. The van der Waals surface area contributed by atoms with Crippen molar-refractivity contribution in [3.8, 4) is 0 Å². The first kappa shape index (κ1) is 18.7. The van der Waals surface area contributed by atoms with Crippen LogP contribution in [0.15, 0.2) is 0 Å². The van der Waals surface area contributed by atoms with Gasteiger partial charge in [0, 0.05) is 25.0 Å². The van der Waals surface area contributed by atoms with E-state index in [1.807, 2.05) is 0 Å². The molecule has 0 radical (unpaired) electrons. The molecule has 0 aromatic carbocycles. The Balaban J connectivity index is 1.36. The van der Waals surface area contributed by atoms with E-state index in [2.05, 4.69) is 17.1 Å². The van der Waals surface area contributed by atoms with Crippen LogP contribution in [0.25, 0.3) is 0 Å². The number of carbonyl (C=O) groups is 2. The second-order valence-corrected chi connectivity index (χ2v) is 8.74. The number of hydrogen-bond donors (Lipinski definition) is 2. The first-order valence-corrected chi connectivity index (χ1v) is 10.3. The van der Waals surface area contributed by atoms with Gasteiger partial charge in [0.05, 0.1) is 6.54 Å². The van der Waals surface area contributed by atoms with Gasteiger partial charge in [-0.1, -0.05) is 39.0 Å². The number of nitrogens with one attached hydrogen (secondary N) is 1. The van der Waals surface area contributed by atoms with Gasteiger partial charge in [-0.05, 0) is 43.4 Å². The van der Waals surface area contributed by atoms with Crippen LogP contribution < -0.4 is 5.32 Å². The minimum Gasteiger partial charge on any atom is -0.480 e. The molecule has 0 bridgehead atoms. The zero-order valence-electron chi connectivity index (χ0n) is 15.6. The van der Waals surface area contributed by atoms with Crippen LogP contribution in [-0.2, 0) is 9.59 Å². The molecule has 3 aliphatic rings. The highest BCUT2D eigenvalue weighted by molar-refractivity contribution is 5.76. The average Bonchev–Trinajstić information content (AvgIpc) is 3.34. The van der Waals surface area contributed by atoms with Gasteiger partial charge < -0.3 is 10.4 Å². The molecule has 0 aliphatic heterocycles. The predicted molar refractivity (Wildman–Crippen MR) is 97.2 cm³/mol. The van der Waals surface area contributed by atoms with Crippen molar-refractivity contribution in [2.24, 2.45) is 17.8 Å². The first-order valence-electron chi connectivity index (χ1n) is 10.3. The molecule has 1 amide bonds. The summed E-state index contributed by atoms with van der Waals surface area (Å²) in [5.74, 6) is 1.35. The number of rotatable bonds is 9. The Morgan fingerprint density at radius 1 is 1.12 bits per heavy atom. The SMILES string of the molecule is CC(CC(=O)NC1CC(N(CC(=O)O)CC2CC2)C1)C1CCCCC1. The minimum atomic E-state index is -0.741. The molecule has 5 heteroatoms.